The van der Waals surface area contributed by atoms with Gasteiger partial charge < -0.3 is 10.1 Å². The lowest BCUT2D eigenvalue weighted by Gasteiger charge is -2.10. The van der Waals surface area contributed by atoms with Crippen LogP contribution in [0, 0.1) is 13.8 Å². The maximum atomic E-state index is 5.89. The van der Waals surface area contributed by atoms with Crippen LogP contribution in [0.3, 0.4) is 0 Å². The molecule has 1 N–H and O–H groups in total. The number of benzene rings is 2. The lowest BCUT2D eigenvalue weighted by molar-refractivity contribution is 0.306. The molecule has 0 fully saturated rings. The molecule has 2 aromatic rings. The van der Waals surface area contributed by atoms with Crippen molar-refractivity contribution in [2.24, 2.45) is 0 Å². The van der Waals surface area contributed by atoms with Crippen LogP contribution in [-0.4, -0.2) is 6.54 Å². The minimum absolute atomic E-state index is 0.615. The van der Waals surface area contributed by atoms with Crippen molar-refractivity contribution >= 4 is 0 Å². The Labute approximate surface area is 128 Å². The van der Waals surface area contributed by atoms with Crippen molar-refractivity contribution in [3.05, 3.63) is 64.7 Å². The van der Waals surface area contributed by atoms with Crippen molar-refractivity contribution in [3.8, 4) is 5.75 Å². The largest absolute Gasteiger partial charge is 0.489 e. The molecule has 2 heteroatoms. The van der Waals surface area contributed by atoms with Crippen LogP contribution >= 0.6 is 0 Å². The summed E-state index contributed by atoms with van der Waals surface area (Å²) in [5.41, 5.74) is 5.09. The minimum Gasteiger partial charge on any atom is -0.489 e. The molecule has 0 heterocycles. The first-order valence-electron chi connectivity index (χ1n) is 7.67. The van der Waals surface area contributed by atoms with Gasteiger partial charge in [0.25, 0.3) is 0 Å². The normalized spacial score (nSPS) is 10.6. The van der Waals surface area contributed by atoms with Gasteiger partial charge in [-0.25, -0.2) is 0 Å². The first-order chi connectivity index (χ1) is 10.2. The van der Waals surface area contributed by atoms with E-state index in [0.29, 0.717) is 6.61 Å². The summed E-state index contributed by atoms with van der Waals surface area (Å²) in [7, 11) is 0. The van der Waals surface area contributed by atoms with E-state index in [1.807, 2.05) is 6.07 Å². The molecule has 0 amide bonds. The monoisotopic (exact) mass is 283 g/mol. The van der Waals surface area contributed by atoms with Crippen LogP contribution < -0.4 is 10.1 Å². The van der Waals surface area contributed by atoms with Crippen LogP contribution in [-0.2, 0) is 13.2 Å². The predicted octanol–water partition coefficient (Wildman–Crippen LogP) is 4.38. The van der Waals surface area contributed by atoms with Crippen molar-refractivity contribution in [1.29, 1.82) is 0 Å². The van der Waals surface area contributed by atoms with Crippen LogP contribution in [0.5, 0.6) is 5.75 Å². The SMILES string of the molecule is CCCNCc1cccc(COc2ccc(C)c(C)c2)c1. The smallest absolute Gasteiger partial charge is 0.120 e. The fourth-order valence-electron chi connectivity index (χ4n) is 2.21. The summed E-state index contributed by atoms with van der Waals surface area (Å²) in [5, 5.41) is 3.43. The second-order valence-electron chi connectivity index (χ2n) is 5.53. The molecule has 0 radical (unpaired) electrons. The van der Waals surface area contributed by atoms with Crippen LogP contribution in [0.25, 0.3) is 0 Å². The molecule has 0 saturated heterocycles. The maximum absolute atomic E-state index is 5.89. The van der Waals surface area contributed by atoms with Crippen molar-refractivity contribution in [3.63, 3.8) is 0 Å². The zero-order chi connectivity index (χ0) is 15.1. The Morgan fingerprint density at radius 2 is 1.76 bits per heavy atom. The zero-order valence-corrected chi connectivity index (χ0v) is 13.3. The highest BCUT2D eigenvalue weighted by Gasteiger charge is 2.00. The Morgan fingerprint density at radius 1 is 0.952 bits per heavy atom. The summed E-state index contributed by atoms with van der Waals surface area (Å²) in [4.78, 5) is 0. The lowest BCUT2D eigenvalue weighted by Crippen LogP contribution is -2.13. The molecule has 112 valence electrons. The standard InChI is InChI=1S/C19H25NO/c1-4-10-20-13-17-6-5-7-18(12-17)14-21-19-9-8-15(2)16(3)11-19/h5-9,11-12,20H,4,10,13-14H2,1-3H3. The lowest BCUT2D eigenvalue weighted by atomic mass is 10.1. The Bertz CT molecular complexity index is 578. The van der Waals surface area contributed by atoms with Gasteiger partial charge in [0.2, 0.25) is 0 Å². The van der Waals surface area contributed by atoms with E-state index in [-0.39, 0.29) is 0 Å². The van der Waals surface area contributed by atoms with Crippen LogP contribution in [0.4, 0.5) is 0 Å². The highest BCUT2D eigenvalue weighted by Crippen LogP contribution is 2.18. The van der Waals surface area contributed by atoms with Crippen LogP contribution in [0.1, 0.15) is 35.6 Å². The summed E-state index contributed by atoms with van der Waals surface area (Å²) < 4.78 is 5.89. The Kier molecular flexibility index (Phi) is 5.82. The quantitative estimate of drug-likeness (QED) is 0.761. The maximum Gasteiger partial charge on any atom is 0.120 e. The third-order valence-electron chi connectivity index (χ3n) is 3.63. The van der Waals surface area contributed by atoms with Gasteiger partial charge in [0.05, 0.1) is 0 Å². The molecule has 0 aliphatic heterocycles. The van der Waals surface area contributed by atoms with Gasteiger partial charge >= 0.3 is 0 Å². The number of hydrogen-bond acceptors (Lipinski definition) is 2. The molecule has 21 heavy (non-hydrogen) atoms. The fourth-order valence-corrected chi connectivity index (χ4v) is 2.21. The molecule has 0 bridgehead atoms. The summed E-state index contributed by atoms with van der Waals surface area (Å²) in [6.07, 6.45) is 1.16. The van der Waals surface area contributed by atoms with Crippen molar-refractivity contribution in [2.45, 2.75) is 40.3 Å². The van der Waals surface area contributed by atoms with E-state index in [1.54, 1.807) is 0 Å². The number of ether oxygens (including phenoxy) is 1. The highest BCUT2D eigenvalue weighted by atomic mass is 16.5. The van der Waals surface area contributed by atoms with E-state index in [4.69, 9.17) is 4.74 Å². The molecule has 0 atom stereocenters. The third kappa shape index (κ3) is 4.91. The third-order valence-corrected chi connectivity index (χ3v) is 3.63. The Morgan fingerprint density at radius 3 is 2.52 bits per heavy atom. The molecule has 2 aromatic carbocycles. The minimum atomic E-state index is 0.615. The van der Waals surface area contributed by atoms with E-state index in [1.165, 1.54) is 22.3 Å². The Hall–Kier alpha value is -1.80. The van der Waals surface area contributed by atoms with E-state index in [0.717, 1.165) is 25.3 Å². The average Bonchev–Trinajstić information content (AvgIpc) is 2.49. The van der Waals surface area contributed by atoms with E-state index >= 15 is 0 Å². The van der Waals surface area contributed by atoms with E-state index in [9.17, 15) is 0 Å². The van der Waals surface area contributed by atoms with Gasteiger partial charge in [0.15, 0.2) is 0 Å². The molecule has 0 saturated carbocycles. The van der Waals surface area contributed by atoms with Crippen molar-refractivity contribution in [2.75, 3.05) is 6.54 Å². The zero-order valence-electron chi connectivity index (χ0n) is 13.3. The molecular weight excluding hydrogens is 258 g/mol. The van der Waals surface area contributed by atoms with Gasteiger partial charge in [-0.1, -0.05) is 37.3 Å². The van der Waals surface area contributed by atoms with Gasteiger partial charge in [-0.15, -0.1) is 0 Å². The summed E-state index contributed by atoms with van der Waals surface area (Å²) >= 11 is 0. The summed E-state index contributed by atoms with van der Waals surface area (Å²) in [6, 6.07) is 14.8. The highest BCUT2D eigenvalue weighted by molar-refractivity contribution is 5.34. The molecule has 0 aliphatic carbocycles. The van der Waals surface area contributed by atoms with Gasteiger partial charge in [0, 0.05) is 6.54 Å². The number of hydrogen-bond donors (Lipinski definition) is 1. The molecule has 2 nitrogen and oxygen atoms in total. The number of aryl methyl sites for hydroxylation is 2. The first kappa shape index (κ1) is 15.6. The molecule has 0 spiro atoms. The van der Waals surface area contributed by atoms with Crippen LogP contribution in [0.2, 0.25) is 0 Å². The van der Waals surface area contributed by atoms with Crippen LogP contribution in [0.15, 0.2) is 42.5 Å². The predicted molar refractivity (Wildman–Crippen MR) is 88.7 cm³/mol. The van der Waals surface area contributed by atoms with Gasteiger partial charge in [-0.2, -0.15) is 0 Å². The molecule has 0 unspecified atom stereocenters. The molecule has 0 aliphatic rings. The second-order valence-corrected chi connectivity index (χ2v) is 5.53. The first-order valence-corrected chi connectivity index (χ1v) is 7.67. The van der Waals surface area contributed by atoms with Crippen molar-refractivity contribution < 1.29 is 4.74 Å². The summed E-state index contributed by atoms with van der Waals surface area (Å²) in [6.45, 7) is 9.01. The average molecular weight is 283 g/mol. The summed E-state index contributed by atoms with van der Waals surface area (Å²) in [5.74, 6) is 0.938. The van der Waals surface area contributed by atoms with Gasteiger partial charge in [0.1, 0.15) is 12.4 Å². The van der Waals surface area contributed by atoms with E-state index in [2.05, 4.69) is 62.5 Å². The van der Waals surface area contributed by atoms with Crippen molar-refractivity contribution in [1.82, 2.24) is 5.32 Å². The topological polar surface area (TPSA) is 21.3 Å². The second kappa shape index (κ2) is 7.84. The molecule has 0 aromatic heterocycles. The fraction of sp³-hybridized carbons (Fsp3) is 0.368. The van der Waals surface area contributed by atoms with Gasteiger partial charge in [-0.05, 0) is 61.2 Å². The van der Waals surface area contributed by atoms with E-state index < -0.39 is 0 Å². The molecule has 2 rings (SSSR count). The van der Waals surface area contributed by atoms with Gasteiger partial charge in [-0.3, -0.25) is 0 Å². The number of nitrogens with one attached hydrogen (secondary N) is 1. The number of rotatable bonds is 7. The molecular formula is C19H25NO. The Balaban J connectivity index is 1.93.